The second-order valence-electron chi connectivity index (χ2n) is 8.24. The summed E-state index contributed by atoms with van der Waals surface area (Å²) in [7, 11) is 0. The van der Waals surface area contributed by atoms with E-state index in [4.69, 9.17) is 0 Å². The minimum Gasteiger partial charge on any atom is -0.0683 e. The van der Waals surface area contributed by atoms with Gasteiger partial charge in [0.2, 0.25) is 0 Å². The molecule has 0 heteroatoms. The van der Waals surface area contributed by atoms with Crippen molar-refractivity contribution < 1.29 is 0 Å². The summed E-state index contributed by atoms with van der Waals surface area (Å²) < 4.78 is 0. The van der Waals surface area contributed by atoms with Crippen LogP contribution in [0.3, 0.4) is 0 Å². The number of rotatable bonds is 0. The summed E-state index contributed by atoms with van der Waals surface area (Å²) in [6.07, 6.45) is 0. The molecule has 0 radical (unpaired) electrons. The zero-order chi connectivity index (χ0) is 22.2. The molecule has 0 atom stereocenters. The maximum absolute atomic E-state index is 2.40. The van der Waals surface area contributed by atoms with Crippen molar-refractivity contribution in [2.45, 2.75) is 47.0 Å². The molecule has 0 heterocycles. The average molecular weight is 405 g/mol. The SMILES string of the molecule is CC.CC.CC1(C)c2cc3ccccc3cc2-c2c1ccc1c2ccc2ccccc21. The van der Waals surface area contributed by atoms with Gasteiger partial charge in [0.1, 0.15) is 0 Å². The van der Waals surface area contributed by atoms with E-state index in [0.29, 0.717) is 0 Å². The van der Waals surface area contributed by atoms with Crippen molar-refractivity contribution in [3.8, 4) is 11.1 Å². The van der Waals surface area contributed by atoms with Crippen LogP contribution in [0.2, 0.25) is 0 Å². The minimum atomic E-state index is 0.0224. The van der Waals surface area contributed by atoms with Gasteiger partial charge < -0.3 is 0 Å². The van der Waals surface area contributed by atoms with Crippen LogP contribution in [0, 0.1) is 0 Å². The van der Waals surface area contributed by atoms with Gasteiger partial charge in [0.25, 0.3) is 0 Å². The van der Waals surface area contributed by atoms with Gasteiger partial charge in [-0.1, -0.05) is 114 Å². The molecule has 0 N–H and O–H groups in total. The molecule has 5 aromatic rings. The van der Waals surface area contributed by atoms with Crippen molar-refractivity contribution in [1.29, 1.82) is 0 Å². The Bertz CT molecular complexity index is 1390. The fraction of sp³-hybridized carbons (Fsp3) is 0.226. The molecule has 0 fully saturated rings. The summed E-state index contributed by atoms with van der Waals surface area (Å²) in [5.74, 6) is 0. The molecule has 0 saturated carbocycles. The third kappa shape index (κ3) is 3.13. The van der Waals surface area contributed by atoms with Crippen molar-refractivity contribution in [3.63, 3.8) is 0 Å². The second kappa shape index (κ2) is 8.19. The highest BCUT2D eigenvalue weighted by Crippen LogP contribution is 2.52. The first kappa shape index (κ1) is 21.1. The molecule has 0 saturated heterocycles. The lowest BCUT2D eigenvalue weighted by atomic mass is 9.81. The lowest BCUT2D eigenvalue weighted by molar-refractivity contribution is 0.661. The molecule has 0 spiro atoms. The molecule has 0 nitrogen and oxygen atoms in total. The Balaban J connectivity index is 0.000000549. The summed E-state index contributed by atoms with van der Waals surface area (Å²) in [6, 6.07) is 31.5. The van der Waals surface area contributed by atoms with Crippen molar-refractivity contribution in [1.82, 2.24) is 0 Å². The van der Waals surface area contributed by atoms with Gasteiger partial charge >= 0.3 is 0 Å². The molecule has 31 heavy (non-hydrogen) atoms. The highest BCUT2D eigenvalue weighted by Gasteiger charge is 2.36. The first-order valence-corrected chi connectivity index (χ1v) is 11.6. The van der Waals surface area contributed by atoms with Crippen molar-refractivity contribution in [2.24, 2.45) is 0 Å². The molecule has 6 rings (SSSR count). The third-order valence-corrected chi connectivity index (χ3v) is 6.43. The van der Waals surface area contributed by atoms with Crippen LogP contribution in [0.5, 0.6) is 0 Å². The summed E-state index contributed by atoms with van der Waals surface area (Å²) >= 11 is 0. The average Bonchev–Trinajstić information content (AvgIpc) is 3.06. The Labute approximate surface area is 186 Å². The minimum absolute atomic E-state index is 0.0224. The van der Waals surface area contributed by atoms with Crippen molar-refractivity contribution >= 4 is 32.3 Å². The van der Waals surface area contributed by atoms with Crippen molar-refractivity contribution in [2.75, 3.05) is 0 Å². The third-order valence-electron chi connectivity index (χ3n) is 6.43. The molecule has 1 aliphatic carbocycles. The van der Waals surface area contributed by atoms with Crippen LogP contribution >= 0.6 is 0 Å². The van der Waals surface area contributed by atoms with Gasteiger partial charge in [-0.15, -0.1) is 0 Å². The predicted molar refractivity (Wildman–Crippen MR) is 139 cm³/mol. The normalized spacial score (nSPS) is 13.1. The van der Waals surface area contributed by atoms with Gasteiger partial charge in [-0.2, -0.15) is 0 Å². The fourth-order valence-corrected chi connectivity index (χ4v) is 5.01. The van der Waals surface area contributed by atoms with E-state index in [0.717, 1.165) is 0 Å². The Hall–Kier alpha value is -3.12. The zero-order valence-electron chi connectivity index (χ0n) is 19.6. The quantitative estimate of drug-likeness (QED) is 0.225. The van der Waals surface area contributed by atoms with Crippen LogP contribution in [-0.2, 0) is 5.41 Å². The Morgan fingerprint density at radius 3 is 1.77 bits per heavy atom. The van der Waals surface area contributed by atoms with E-state index in [1.165, 1.54) is 54.6 Å². The van der Waals surface area contributed by atoms with E-state index in [1.54, 1.807) is 0 Å². The number of fused-ring (bicyclic) bond motifs is 8. The van der Waals surface area contributed by atoms with E-state index in [1.807, 2.05) is 27.7 Å². The van der Waals surface area contributed by atoms with Crippen LogP contribution in [0.25, 0.3) is 43.4 Å². The zero-order valence-corrected chi connectivity index (χ0v) is 19.6. The van der Waals surface area contributed by atoms with E-state index < -0.39 is 0 Å². The molecule has 1 aliphatic rings. The highest BCUT2D eigenvalue weighted by molar-refractivity contribution is 6.14. The van der Waals surface area contributed by atoms with Gasteiger partial charge in [-0.25, -0.2) is 0 Å². The standard InChI is InChI=1S/C27H20.2C2H6/c1-27(2)24-14-13-21-20-10-6-5-7-17(20)11-12-22(21)26(24)23-15-18-8-3-4-9-19(18)16-25(23)27;2*1-2/h3-16H,1-2H3;2*1-2H3. The highest BCUT2D eigenvalue weighted by atomic mass is 14.4. The number of hydrogen-bond acceptors (Lipinski definition) is 0. The first-order chi connectivity index (χ1) is 15.1. The molecular formula is C31H32. The van der Waals surface area contributed by atoms with Gasteiger partial charge in [-0.3, -0.25) is 0 Å². The Morgan fingerprint density at radius 1 is 0.484 bits per heavy atom. The van der Waals surface area contributed by atoms with Gasteiger partial charge in [-0.05, 0) is 66.7 Å². The molecule has 0 aliphatic heterocycles. The van der Waals surface area contributed by atoms with Gasteiger partial charge in [0, 0.05) is 5.41 Å². The van der Waals surface area contributed by atoms with E-state index in [2.05, 4.69) is 98.8 Å². The molecule has 5 aromatic carbocycles. The van der Waals surface area contributed by atoms with Crippen LogP contribution < -0.4 is 0 Å². The molecule has 0 amide bonds. The molecule has 156 valence electrons. The van der Waals surface area contributed by atoms with E-state index >= 15 is 0 Å². The first-order valence-electron chi connectivity index (χ1n) is 11.6. The summed E-state index contributed by atoms with van der Waals surface area (Å²) in [5.41, 5.74) is 5.72. The maximum atomic E-state index is 2.40. The second-order valence-corrected chi connectivity index (χ2v) is 8.24. The number of benzene rings is 5. The lowest BCUT2D eigenvalue weighted by Crippen LogP contribution is -2.14. The largest absolute Gasteiger partial charge is 0.0683 e. The van der Waals surface area contributed by atoms with Gasteiger partial charge in [0.15, 0.2) is 0 Å². The fourth-order valence-electron chi connectivity index (χ4n) is 5.01. The Morgan fingerprint density at radius 2 is 1.06 bits per heavy atom. The summed E-state index contributed by atoms with van der Waals surface area (Å²) in [4.78, 5) is 0. The lowest BCUT2D eigenvalue weighted by Gasteiger charge is -2.22. The monoisotopic (exact) mass is 404 g/mol. The summed E-state index contributed by atoms with van der Waals surface area (Å²) in [6.45, 7) is 12.7. The Kier molecular flexibility index (Phi) is 5.58. The molecular weight excluding hydrogens is 372 g/mol. The summed E-state index contributed by atoms with van der Waals surface area (Å²) in [5, 5.41) is 8.01. The molecule has 0 aromatic heterocycles. The van der Waals surface area contributed by atoms with E-state index in [9.17, 15) is 0 Å². The van der Waals surface area contributed by atoms with Crippen LogP contribution in [0.4, 0.5) is 0 Å². The number of hydrogen-bond donors (Lipinski definition) is 0. The molecule has 0 unspecified atom stereocenters. The topological polar surface area (TPSA) is 0 Å². The van der Waals surface area contributed by atoms with Crippen molar-refractivity contribution in [3.05, 3.63) is 96.1 Å². The predicted octanol–water partition coefficient (Wildman–Crippen LogP) is 9.50. The van der Waals surface area contributed by atoms with Gasteiger partial charge in [0.05, 0.1) is 0 Å². The van der Waals surface area contributed by atoms with Crippen LogP contribution in [0.1, 0.15) is 52.7 Å². The van der Waals surface area contributed by atoms with Crippen LogP contribution in [0.15, 0.2) is 84.9 Å². The molecule has 0 bridgehead atoms. The van der Waals surface area contributed by atoms with E-state index in [-0.39, 0.29) is 5.41 Å². The van der Waals surface area contributed by atoms with Crippen LogP contribution in [-0.4, -0.2) is 0 Å². The smallest absolute Gasteiger partial charge is 0.0159 e. The maximum Gasteiger partial charge on any atom is 0.0159 e.